The van der Waals surface area contributed by atoms with E-state index in [0.29, 0.717) is 6.42 Å². The smallest absolute Gasteiger partial charge is 0.0445 e. The van der Waals surface area contributed by atoms with E-state index in [9.17, 15) is 15.0 Å². The van der Waals surface area contributed by atoms with Gasteiger partial charge in [-0.1, -0.05) is 40.5 Å². The van der Waals surface area contributed by atoms with Crippen LogP contribution in [0.5, 0.6) is 0 Å². The molecule has 0 fully saturated rings. The van der Waals surface area contributed by atoms with Gasteiger partial charge < -0.3 is 15.0 Å². The summed E-state index contributed by atoms with van der Waals surface area (Å²) in [5.74, 6) is -1.11. The minimum Gasteiger partial charge on any atom is -0.852 e. The van der Waals surface area contributed by atoms with Gasteiger partial charge in [0.15, 0.2) is 0 Å². The minimum atomic E-state index is -0.893. The van der Waals surface area contributed by atoms with Gasteiger partial charge in [0, 0.05) is 31.8 Å². The second kappa shape index (κ2) is 14.3. The molecule has 1 atom stereocenters. The van der Waals surface area contributed by atoms with Crippen LogP contribution in [0.1, 0.15) is 53.4 Å². The zero-order valence-electron chi connectivity index (χ0n) is 10.3. The largest absolute Gasteiger partial charge is 0.852 e. The molecular weight excluding hydrogens is 295 g/mol. The van der Waals surface area contributed by atoms with Gasteiger partial charge in [-0.05, 0) is 18.8 Å². The summed E-state index contributed by atoms with van der Waals surface area (Å²) in [6.07, 6.45) is 3.11. The summed E-state index contributed by atoms with van der Waals surface area (Å²) in [7, 11) is 0. The van der Waals surface area contributed by atoms with E-state index < -0.39 is 12.1 Å². The summed E-state index contributed by atoms with van der Waals surface area (Å²) < 4.78 is 0. The van der Waals surface area contributed by atoms with Crippen LogP contribution in [0.2, 0.25) is 0 Å². The normalized spacial score (nSPS) is 11.1. The molecule has 0 spiro atoms. The number of carboxylic acids is 1. The summed E-state index contributed by atoms with van der Waals surface area (Å²) >= 11 is 0. The standard InChI is InChI=1S/C8H16O2.C3H7O.In/c1-3-5-6-7(4-2)8(9)10;1-3(2)4;/h7H,3-6H2,1-2H3,(H,9,10);3H,1-2H3;/q;-1;/p-1. The Morgan fingerprint density at radius 2 is 1.67 bits per heavy atom. The molecule has 0 aromatic carbocycles. The number of carbonyl (C=O) groups excluding carboxylic acids is 1. The molecule has 0 N–H and O–H groups in total. The fraction of sp³-hybridized carbons (Fsp3) is 0.909. The first kappa shape index (κ1) is 20.7. The van der Waals surface area contributed by atoms with Crippen LogP contribution in [0.3, 0.4) is 0 Å². The quantitative estimate of drug-likeness (QED) is 0.734. The van der Waals surface area contributed by atoms with Crippen molar-refractivity contribution in [2.24, 2.45) is 5.92 Å². The number of carbonyl (C=O) groups is 1. The van der Waals surface area contributed by atoms with Crippen molar-refractivity contribution in [1.82, 2.24) is 0 Å². The Bertz CT molecular complexity index is 135. The molecule has 1 unspecified atom stereocenters. The monoisotopic (exact) mass is 317 g/mol. The Kier molecular flexibility index (Phi) is 19.7. The van der Waals surface area contributed by atoms with E-state index in [1.165, 1.54) is 0 Å². The van der Waals surface area contributed by atoms with Crippen molar-refractivity contribution in [2.75, 3.05) is 0 Å². The Balaban J connectivity index is -0.000000249. The van der Waals surface area contributed by atoms with E-state index in [4.69, 9.17) is 0 Å². The second-order valence-corrected chi connectivity index (χ2v) is 3.62. The number of hydrogen-bond acceptors (Lipinski definition) is 3. The van der Waals surface area contributed by atoms with Gasteiger partial charge >= 0.3 is 0 Å². The first-order chi connectivity index (χ1) is 6.45. The maximum absolute atomic E-state index is 10.3. The van der Waals surface area contributed by atoms with Gasteiger partial charge in [-0.3, -0.25) is 0 Å². The van der Waals surface area contributed by atoms with E-state index >= 15 is 0 Å². The summed E-state index contributed by atoms with van der Waals surface area (Å²) in [5.41, 5.74) is 0. The number of aliphatic carboxylic acids is 1. The van der Waals surface area contributed by atoms with E-state index in [0.717, 1.165) is 19.3 Å². The van der Waals surface area contributed by atoms with Crippen molar-refractivity contribution in [3.63, 3.8) is 0 Å². The molecule has 0 saturated heterocycles. The first-order valence-corrected chi connectivity index (χ1v) is 5.32. The van der Waals surface area contributed by atoms with E-state index in [1.54, 1.807) is 13.8 Å². The SMILES string of the molecule is CC(C)[O-].CCCCC(CC)C(=O)[O-].[In]. The van der Waals surface area contributed by atoms with Gasteiger partial charge in [0.1, 0.15) is 0 Å². The minimum absolute atomic E-state index is 0. The summed E-state index contributed by atoms with van der Waals surface area (Å²) in [5, 5.41) is 19.9. The van der Waals surface area contributed by atoms with Gasteiger partial charge in [0.25, 0.3) is 0 Å². The molecule has 0 aliphatic heterocycles. The van der Waals surface area contributed by atoms with Crippen molar-refractivity contribution < 1.29 is 15.0 Å². The molecule has 3 radical (unpaired) electrons. The molecule has 0 rings (SSSR count). The second-order valence-electron chi connectivity index (χ2n) is 3.62. The Morgan fingerprint density at radius 1 is 1.27 bits per heavy atom. The third-order valence-electron chi connectivity index (χ3n) is 1.73. The average Bonchev–Trinajstić information content (AvgIpc) is 2.04. The number of rotatable bonds is 5. The van der Waals surface area contributed by atoms with Gasteiger partial charge in [-0.25, -0.2) is 0 Å². The third-order valence-corrected chi connectivity index (χ3v) is 1.73. The predicted octanol–water partition coefficient (Wildman–Crippen LogP) is 0.327. The van der Waals surface area contributed by atoms with E-state index in [-0.39, 0.29) is 31.8 Å². The zero-order valence-corrected chi connectivity index (χ0v) is 13.6. The number of unbranched alkanes of at least 4 members (excludes halogenated alkanes) is 1. The molecule has 0 heterocycles. The molecule has 89 valence electrons. The van der Waals surface area contributed by atoms with Crippen LogP contribution < -0.4 is 10.2 Å². The first-order valence-electron chi connectivity index (χ1n) is 5.32. The fourth-order valence-corrected chi connectivity index (χ4v) is 0.939. The molecule has 0 aromatic heterocycles. The summed E-state index contributed by atoms with van der Waals surface area (Å²) in [4.78, 5) is 10.3. The molecule has 0 amide bonds. The van der Waals surface area contributed by atoms with Crippen LogP contribution in [0.4, 0.5) is 0 Å². The predicted molar refractivity (Wildman–Crippen MR) is 59.2 cm³/mol. The molecule has 4 heteroatoms. The summed E-state index contributed by atoms with van der Waals surface area (Å²) in [6, 6.07) is 0. The molecule has 0 aliphatic rings. The van der Waals surface area contributed by atoms with E-state index in [1.807, 2.05) is 6.92 Å². The molecule has 3 nitrogen and oxygen atoms in total. The molecule has 0 aromatic rings. The Labute approximate surface area is 112 Å². The van der Waals surface area contributed by atoms with Crippen LogP contribution in [0.25, 0.3) is 0 Å². The third kappa shape index (κ3) is 20.4. The van der Waals surface area contributed by atoms with Crippen LogP contribution in [-0.4, -0.2) is 37.9 Å². The Hall–Kier alpha value is 0.300. The molecule has 0 bridgehead atoms. The maximum atomic E-state index is 10.3. The van der Waals surface area contributed by atoms with Crippen molar-refractivity contribution in [3.8, 4) is 0 Å². The van der Waals surface area contributed by atoms with Crippen LogP contribution in [0.15, 0.2) is 0 Å². The van der Waals surface area contributed by atoms with Gasteiger partial charge in [0.2, 0.25) is 0 Å². The Morgan fingerprint density at radius 3 is 1.87 bits per heavy atom. The number of hydrogen-bond donors (Lipinski definition) is 0. The van der Waals surface area contributed by atoms with Crippen molar-refractivity contribution in [2.45, 2.75) is 59.5 Å². The molecular formula is C11H22InO3-2. The topological polar surface area (TPSA) is 63.2 Å². The van der Waals surface area contributed by atoms with Gasteiger partial charge in [-0.2, -0.15) is 0 Å². The van der Waals surface area contributed by atoms with E-state index in [2.05, 4.69) is 6.92 Å². The van der Waals surface area contributed by atoms with Gasteiger partial charge in [-0.15, -0.1) is 6.10 Å². The van der Waals surface area contributed by atoms with Crippen molar-refractivity contribution in [3.05, 3.63) is 0 Å². The molecule has 0 aliphatic carbocycles. The number of carboxylic acid groups (broad SMARTS) is 1. The van der Waals surface area contributed by atoms with Crippen molar-refractivity contribution >= 4 is 31.8 Å². The average molecular weight is 317 g/mol. The van der Waals surface area contributed by atoms with Crippen molar-refractivity contribution in [1.29, 1.82) is 0 Å². The molecule has 15 heavy (non-hydrogen) atoms. The maximum Gasteiger partial charge on any atom is 0.0445 e. The summed E-state index contributed by atoms with van der Waals surface area (Å²) in [6.45, 7) is 7.16. The zero-order chi connectivity index (χ0) is 11.6. The van der Waals surface area contributed by atoms with Crippen LogP contribution in [0, 0.1) is 5.92 Å². The van der Waals surface area contributed by atoms with Crippen LogP contribution in [-0.2, 0) is 4.79 Å². The fourth-order valence-electron chi connectivity index (χ4n) is 0.939. The molecule has 0 saturated carbocycles. The van der Waals surface area contributed by atoms with Crippen LogP contribution >= 0.6 is 0 Å². The van der Waals surface area contributed by atoms with Gasteiger partial charge in [0.05, 0.1) is 0 Å².